The summed E-state index contributed by atoms with van der Waals surface area (Å²) in [5.41, 5.74) is 0.698. The molecule has 1 aliphatic heterocycles. The van der Waals surface area contributed by atoms with Crippen LogP contribution >= 0.6 is 22.9 Å². The maximum Gasteiger partial charge on any atom is 0.264 e. The third-order valence-corrected chi connectivity index (χ3v) is 4.97. The van der Waals surface area contributed by atoms with E-state index in [1.807, 2.05) is 29.6 Å². The molecule has 2 aromatic rings. The monoisotopic (exact) mass is 334 g/mol. The molecule has 2 amide bonds. The molecule has 1 aromatic carbocycles. The number of halogens is 1. The second-order valence-corrected chi connectivity index (χ2v) is 6.45. The molecule has 6 heteroatoms. The normalized spacial score (nSPS) is 18.6. The Morgan fingerprint density at radius 3 is 2.68 bits per heavy atom. The van der Waals surface area contributed by atoms with E-state index in [-0.39, 0.29) is 11.8 Å². The van der Waals surface area contributed by atoms with Crippen LogP contribution in [0.1, 0.15) is 16.6 Å². The predicted molar refractivity (Wildman–Crippen MR) is 88.6 cm³/mol. The number of carbonyl (C=O) groups excluding carboxylic acids is 2. The molecule has 22 heavy (non-hydrogen) atoms. The molecule has 1 fully saturated rings. The molecular formula is C16H15ClN2O2S. The average Bonchev–Trinajstić information content (AvgIpc) is 3.05. The van der Waals surface area contributed by atoms with Crippen molar-refractivity contribution in [3.8, 4) is 0 Å². The van der Waals surface area contributed by atoms with Gasteiger partial charge in [0.05, 0.1) is 15.6 Å². The zero-order valence-corrected chi connectivity index (χ0v) is 13.6. The fourth-order valence-corrected chi connectivity index (χ4v) is 3.52. The summed E-state index contributed by atoms with van der Waals surface area (Å²) < 4.78 is 0. The van der Waals surface area contributed by atoms with Gasteiger partial charge in [0.25, 0.3) is 5.91 Å². The molecule has 1 saturated heterocycles. The van der Waals surface area contributed by atoms with Gasteiger partial charge in [-0.05, 0) is 30.5 Å². The highest BCUT2D eigenvalue weighted by molar-refractivity contribution is 7.12. The maximum absolute atomic E-state index is 12.6. The fourth-order valence-electron chi connectivity index (χ4n) is 2.60. The van der Waals surface area contributed by atoms with Gasteiger partial charge >= 0.3 is 0 Å². The van der Waals surface area contributed by atoms with Crippen molar-refractivity contribution in [1.82, 2.24) is 4.90 Å². The lowest BCUT2D eigenvalue weighted by Gasteiger charge is -2.39. The summed E-state index contributed by atoms with van der Waals surface area (Å²) >= 11 is 7.57. The Hall–Kier alpha value is -1.85. The summed E-state index contributed by atoms with van der Waals surface area (Å²) in [5.74, 6) is -0.195. The first-order chi connectivity index (χ1) is 10.6. The fraction of sp³-hybridized carbons (Fsp3) is 0.250. The lowest BCUT2D eigenvalue weighted by atomic mass is 10.1. The van der Waals surface area contributed by atoms with Gasteiger partial charge in [0.2, 0.25) is 5.91 Å². The van der Waals surface area contributed by atoms with Crippen LogP contribution in [0.3, 0.4) is 0 Å². The molecule has 0 unspecified atom stereocenters. The number of rotatable bonds is 2. The Bertz CT molecular complexity index is 702. The van der Waals surface area contributed by atoms with Crippen LogP contribution in [0.4, 0.5) is 5.69 Å². The lowest BCUT2D eigenvalue weighted by Crippen LogP contribution is -2.57. The minimum absolute atomic E-state index is 0.0883. The van der Waals surface area contributed by atoms with Crippen molar-refractivity contribution in [2.45, 2.75) is 13.0 Å². The van der Waals surface area contributed by atoms with Crippen LogP contribution in [0.2, 0.25) is 5.02 Å². The smallest absolute Gasteiger partial charge is 0.264 e. The molecule has 1 aromatic heterocycles. The van der Waals surface area contributed by atoms with Crippen molar-refractivity contribution in [3.05, 3.63) is 51.7 Å². The van der Waals surface area contributed by atoms with E-state index in [0.29, 0.717) is 28.7 Å². The van der Waals surface area contributed by atoms with Crippen molar-refractivity contribution < 1.29 is 9.59 Å². The Morgan fingerprint density at radius 2 is 2.00 bits per heavy atom. The van der Waals surface area contributed by atoms with Gasteiger partial charge < -0.3 is 9.80 Å². The number of piperazine rings is 1. The first-order valence-electron chi connectivity index (χ1n) is 7.00. The van der Waals surface area contributed by atoms with Gasteiger partial charge in [-0.3, -0.25) is 9.59 Å². The Balaban J connectivity index is 1.82. The number of thiophene rings is 1. The standard InChI is InChI=1S/C16H15ClN2O2S/c1-11-15(20)19(13-6-3-2-5-12(13)17)9-8-18(11)16(21)14-7-4-10-22-14/h2-7,10-11H,8-9H2,1H3/t11-/m0/s1. The zero-order chi connectivity index (χ0) is 15.7. The molecule has 0 aliphatic carbocycles. The van der Waals surface area contributed by atoms with Crippen LogP contribution in [0, 0.1) is 0 Å². The molecule has 3 rings (SSSR count). The Kier molecular flexibility index (Phi) is 4.18. The summed E-state index contributed by atoms with van der Waals surface area (Å²) in [7, 11) is 0. The van der Waals surface area contributed by atoms with Gasteiger partial charge in [0, 0.05) is 13.1 Å². The van der Waals surface area contributed by atoms with Crippen LogP contribution in [0.25, 0.3) is 0 Å². The number of hydrogen-bond donors (Lipinski definition) is 0. The molecule has 4 nitrogen and oxygen atoms in total. The average molecular weight is 335 g/mol. The highest BCUT2D eigenvalue weighted by atomic mass is 35.5. The molecule has 0 N–H and O–H groups in total. The quantitative estimate of drug-likeness (QED) is 0.845. The number of benzene rings is 1. The number of amides is 2. The summed E-state index contributed by atoms with van der Waals surface area (Å²) in [6.07, 6.45) is 0. The number of anilines is 1. The number of carbonyl (C=O) groups is 2. The molecule has 0 radical (unpaired) electrons. The first kappa shape index (κ1) is 15.1. The molecule has 114 valence electrons. The van der Waals surface area contributed by atoms with Gasteiger partial charge in [-0.1, -0.05) is 29.8 Å². The van der Waals surface area contributed by atoms with Crippen molar-refractivity contribution in [3.63, 3.8) is 0 Å². The molecule has 1 atom stereocenters. The molecule has 1 aliphatic rings. The van der Waals surface area contributed by atoms with Gasteiger partial charge in [-0.15, -0.1) is 11.3 Å². The number of nitrogens with zero attached hydrogens (tertiary/aromatic N) is 2. The minimum atomic E-state index is -0.500. The third-order valence-electron chi connectivity index (χ3n) is 3.79. The van der Waals surface area contributed by atoms with Crippen LogP contribution in [0.15, 0.2) is 41.8 Å². The minimum Gasteiger partial charge on any atom is -0.324 e. The van der Waals surface area contributed by atoms with Gasteiger partial charge in [0.15, 0.2) is 0 Å². The van der Waals surface area contributed by atoms with E-state index in [9.17, 15) is 9.59 Å². The molecular weight excluding hydrogens is 320 g/mol. The highest BCUT2D eigenvalue weighted by Gasteiger charge is 2.36. The van der Waals surface area contributed by atoms with E-state index in [2.05, 4.69) is 0 Å². The van der Waals surface area contributed by atoms with Gasteiger partial charge in [-0.2, -0.15) is 0 Å². The molecule has 2 heterocycles. The summed E-state index contributed by atoms with van der Waals surface area (Å²) in [6.45, 7) is 2.70. The number of para-hydroxylation sites is 1. The van der Waals surface area contributed by atoms with Crippen LogP contribution < -0.4 is 4.90 Å². The summed E-state index contributed by atoms with van der Waals surface area (Å²) in [4.78, 5) is 29.0. The van der Waals surface area contributed by atoms with Gasteiger partial charge in [-0.25, -0.2) is 0 Å². The first-order valence-corrected chi connectivity index (χ1v) is 8.25. The highest BCUT2D eigenvalue weighted by Crippen LogP contribution is 2.28. The van der Waals surface area contributed by atoms with Crippen LogP contribution in [-0.2, 0) is 4.79 Å². The topological polar surface area (TPSA) is 40.6 Å². The SMILES string of the molecule is C[C@H]1C(=O)N(c2ccccc2Cl)CCN1C(=O)c1cccs1. The Morgan fingerprint density at radius 1 is 1.23 bits per heavy atom. The second kappa shape index (κ2) is 6.10. The zero-order valence-electron chi connectivity index (χ0n) is 12.0. The van der Waals surface area contributed by atoms with E-state index in [4.69, 9.17) is 11.6 Å². The molecule has 0 spiro atoms. The Labute approximate surface area is 137 Å². The second-order valence-electron chi connectivity index (χ2n) is 5.09. The maximum atomic E-state index is 12.6. The van der Waals surface area contributed by atoms with E-state index in [0.717, 1.165) is 0 Å². The molecule has 0 bridgehead atoms. The van der Waals surface area contributed by atoms with Crippen LogP contribution in [-0.4, -0.2) is 35.8 Å². The van der Waals surface area contributed by atoms with E-state index in [1.54, 1.807) is 28.9 Å². The van der Waals surface area contributed by atoms with Crippen LogP contribution in [0.5, 0.6) is 0 Å². The van der Waals surface area contributed by atoms with E-state index >= 15 is 0 Å². The van der Waals surface area contributed by atoms with Crippen molar-refractivity contribution in [2.75, 3.05) is 18.0 Å². The number of hydrogen-bond acceptors (Lipinski definition) is 3. The predicted octanol–water partition coefficient (Wildman–Crippen LogP) is 3.28. The van der Waals surface area contributed by atoms with Crippen molar-refractivity contribution in [2.24, 2.45) is 0 Å². The molecule has 0 saturated carbocycles. The summed E-state index contributed by atoms with van der Waals surface area (Å²) in [6, 6.07) is 10.4. The van der Waals surface area contributed by atoms with E-state index < -0.39 is 6.04 Å². The largest absolute Gasteiger partial charge is 0.324 e. The van der Waals surface area contributed by atoms with Crippen molar-refractivity contribution in [1.29, 1.82) is 0 Å². The summed E-state index contributed by atoms with van der Waals surface area (Å²) in [5, 5.41) is 2.40. The van der Waals surface area contributed by atoms with Gasteiger partial charge in [0.1, 0.15) is 6.04 Å². The van der Waals surface area contributed by atoms with Crippen molar-refractivity contribution >= 4 is 40.4 Å². The van der Waals surface area contributed by atoms with E-state index in [1.165, 1.54) is 11.3 Å². The lowest BCUT2D eigenvalue weighted by molar-refractivity contribution is -0.124. The third kappa shape index (κ3) is 2.62.